The van der Waals surface area contributed by atoms with E-state index in [2.05, 4.69) is 0 Å². The number of aryl methyl sites for hydroxylation is 1. The highest BCUT2D eigenvalue weighted by molar-refractivity contribution is 5.80. The van der Waals surface area contributed by atoms with Crippen LogP contribution in [0, 0.1) is 6.92 Å². The van der Waals surface area contributed by atoms with Gasteiger partial charge >= 0.3 is 11.9 Å². The Bertz CT molecular complexity index is 677. The van der Waals surface area contributed by atoms with Gasteiger partial charge in [0.25, 0.3) is 0 Å². The van der Waals surface area contributed by atoms with Gasteiger partial charge in [-0.2, -0.15) is 0 Å². The molecule has 7 nitrogen and oxygen atoms in total. The predicted molar refractivity (Wildman–Crippen MR) is 73.2 cm³/mol. The van der Waals surface area contributed by atoms with Crippen LogP contribution >= 0.6 is 0 Å². The van der Waals surface area contributed by atoms with Crippen molar-refractivity contribution in [2.75, 3.05) is 0 Å². The van der Waals surface area contributed by atoms with E-state index in [1.165, 1.54) is 0 Å². The monoisotopic (exact) mass is 293 g/mol. The zero-order valence-electron chi connectivity index (χ0n) is 11.3. The summed E-state index contributed by atoms with van der Waals surface area (Å²) in [4.78, 5) is 21.8. The molecule has 0 radical (unpaired) electrons. The van der Waals surface area contributed by atoms with E-state index in [1.807, 2.05) is 0 Å². The molecule has 112 valence electrons. The average Bonchev–Trinajstić information content (AvgIpc) is 2.76. The number of fused-ring (bicyclic) bond motifs is 1. The van der Waals surface area contributed by atoms with Gasteiger partial charge in [0, 0.05) is 11.8 Å². The van der Waals surface area contributed by atoms with Crippen molar-refractivity contribution in [1.29, 1.82) is 0 Å². The number of furan rings is 1. The van der Waals surface area contributed by atoms with Crippen molar-refractivity contribution in [2.45, 2.75) is 25.5 Å². The number of rotatable bonds is 6. The Labute approximate surface area is 119 Å². The fourth-order valence-electron chi connectivity index (χ4n) is 1.92. The number of benzene rings is 1. The molecule has 0 saturated carbocycles. The second-order valence-electron chi connectivity index (χ2n) is 4.68. The topological polar surface area (TPSA) is 123 Å². The van der Waals surface area contributed by atoms with Gasteiger partial charge in [-0.25, -0.2) is 4.79 Å². The Kier molecular flexibility index (Phi) is 4.13. The van der Waals surface area contributed by atoms with Crippen LogP contribution in [0.2, 0.25) is 0 Å². The molecule has 1 aromatic heterocycles. The number of hydrogen-bond acceptors (Lipinski definition) is 5. The number of nitrogens with two attached hydrogens (primary N) is 1. The van der Waals surface area contributed by atoms with Crippen LogP contribution in [-0.4, -0.2) is 34.3 Å². The van der Waals surface area contributed by atoms with Crippen LogP contribution in [0.5, 0.6) is 5.75 Å². The van der Waals surface area contributed by atoms with E-state index in [1.54, 1.807) is 31.2 Å². The van der Waals surface area contributed by atoms with Crippen LogP contribution in [0.4, 0.5) is 0 Å². The zero-order valence-corrected chi connectivity index (χ0v) is 11.3. The summed E-state index contributed by atoms with van der Waals surface area (Å²) in [7, 11) is 0. The summed E-state index contributed by atoms with van der Waals surface area (Å²) >= 11 is 0. The van der Waals surface area contributed by atoms with Gasteiger partial charge in [0.15, 0.2) is 6.10 Å². The van der Waals surface area contributed by atoms with Crippen molar-refractivity contribution >= 4 is 22.9 Å². The molecule has 0 aliphatic rings. The van der Waals surface area contributed by atoms with E-state index < -0.39 is 24.1 Å². The summed E-state index contributed by atoms with van der Waals surface area (Å²) < 4.78 is 10.7. The normalized spacial score (nSPS) is 13.8. The van der Waals surface area contributed by atoms with Crippen molar-refractivity contribution in [1.82, 2.24) is 0 Å². The highest BCUT2D eigenvalue weighted by Gasteiger charge is 2.26. The molecule has 2 rings (SSSR count). The van der Waals surface area contributed by atoms with Gasteiger partial charge in [0.2, 0.25) is 0 Å². The van der Waals surface area contributed by atoms with Crippen LogP contribution in [0.15, 0.2) is 28.7 Å². The molecule has 0 aliphatic carbocycles. The van der Waals surface area contributed by atoms with Crippen molar-refractivity contribution in [3.8, 4) is 5.75 Å². The second-order valence-corrected chi connectivity index (χ2v) is 4.68. The Morgan fingerprint density at radius 2 is 2.00 bits per heavy atom. The predicted octanol–water partition coefficient (Wildman–Crippen LogP) is 1.38. The summed E-state index contributed by atoms with van der Waals surface area (Å²) in [6.45, 7) is 1.80. The highest BCUT2D eigenvalue weighted by Crippen LogP contribution is 2.25. The standard InChI is InChI=1S/C14H15NO6/c1-7-4-8-5-9(2-3-11(8)20-7)21-12(14(18)19)6-10(15)13(16)17/h2-5,10,12H,6,15H2,1H3,(H,16,17)(H,18,19). The lowest BCUT2D eigenvalue weighted by Gasteiger charge is -2.17. The van der Waals surface area contributed by atoms with E-state index in [9.17, 15) is 9.59 Å². The molecule has 7 heteroatoms. The molecule has 0 aliphatic heterocycles. The number of hydrogen-bond donors (Lipinski definition) is 3. The summed E-state index contributed by atoms with van der Waals surface area (Å²) in [5, 5.41) is 18.6. The van der Waals surface area contributed by atoms with E-state index in [0.29, 0.717) is 11.3 Å². The van der Waals surface area contributed by atoms with Gasteiger partial charge < -0.3 is 25.1 Å². The molecule has 21 heavy (non-hydrogen) atoms. The third-order valence-corrected chi connectivity index (χ3v) is 2.95. The number of aliphatic carboxylic acids is 2. The van der Waals surface area contributed by atoms with Gasteiger partial charge in [0.05, 0.1) is 0 Å². The third kappa shape index (κ3) is 3.51. The van der Waals surface area contributed by atoms with E-state index >= 15 is 0 Å². The minimum atomic E-state index is -1.33. The lowest BCUT2D eigenvalue weighted by Crippen LogP contribution is -2.39. The number of carboxylic acid groups (broad SMARTS) is 2. The lowest BCUT2D eigenvalue weighted by atomic mass is 10.1. The first-order valence-electron chi connectivity index (χ1n) is 6.25. The smallest absolute Gasteiger partial charge is 0.344 e. The van der Waals surface area contributed by atoms with Gasteiger partial charge in [-0.3, -0.25) is 4.79 Å². The maximum Gasteiger partial charge on any atom is 0.344 e. The quantitative estimate of drug-likeness (QED) is 0.735. The number of ether oxygens (including phenoxy) is 1. The molecule has 2 aromatic rings. The van der Waals surface area contributed by atoms with Crippen LogP contribution in [0.3, 0.4) is 0 Å². The highest BCUT2D eigenvalue weighted by atomic mass is 16.5. The summed E-state index contributed by atoms with van der Waals surface area (Å²) in [5.41, 5.74) is 6.01. The molecule has 0 fully saturated rings. The molecule has 1 aromatic carbocycles. The fraction of sp³-hybridized carbons (Fsp3) is 0.286. The molecule has 2 atom stereocenters. The van der Waals surface area contributed by atoms with Crippen LogP contribution < -0.4 is 10.5 Å². The molecule has 4 N–H and O–H groups in total. The van der Waals surface area contributed by atoms with Crippen molar-refractivity contribution in [2.24, 2.45) is 5.73 Å². The summed E-state index contributed by atoms with van der Waals surface area (Å²) in [5.74, 6) is -1.50. The number of carboxylic acids is 2. The Morgan fingerprint density at radius 3 is 2.62 bits per heavy atom. The first-order valence-corrected chi connectivity index (χ1v) is 6.25. The summed E-state index contributed by atoms with van der Waals surface area (Å²) in [6, 6.07) is 5.35. The maximum atomic E-state index is 11.1. The molecule has 0 saturated heterocycles. The molecule has 2 unspecified atom stereocenters. The lowest BCUT2D eigenvalue weighted by molar-refractivity contribution is -0.146. The maximum absolute atomic E-state index is 11.1. The third-order valence-electron chi connectivity index (χ3n) is 2.95. The van der Waals surface area contributed by atoms with Crippen LogP contribution in [0.25, 0.3) is 11.0 Å². The average molecular weight is 293 g/mol. The van der Waals surface area contributed by atoms with E-state index in [4.69, 9.17) is 25.1 Å². The molecular weight excluding hydrogens is 278 g/mol. The Morgan fingerprint density at radius 1 is 1.29 bits per heavy atom. The van der Waals surface area contributed by atoms with E-state index in [-0.39, 0.29) is 6.42 Å². The molecule has 0 bridgehead atoms. The van der Waals surface area contributed by atoms with E-state index in [0.717, 1.165) is 11.1 Å². The first-order chi connectivity index (χ1) is 9.86. The Balaban J connectivity index is 2.18. The van der Waals surface area contributed by atoms with Gasteiger partial charge in [0.1, 0.15) is 23.1 Å². The summed E-state index contributed by atoms with van der Waals surface area (Å²) in [6.07, 6.45) is -1.66. The van der Waals surface area contributed by atoms with Gasteiger partial charge in [-0.05, 0) is 31.2 Å². The Hall–Kier alpha value is -2.54. The molecular formula is C14H15NO6. The molecule has 0 amide bonds. The van der Waals surface area contributed by atoms with Crippen molar-refractivity contribution < 1.29 is 29.0 Å². The minimum Gasteiger partial charge on any atom is -0.480 e. The van der Waals surface area contributed by atoms with Crippen LogP contribution in [0.1, 0.15) is 12.2 Å². The largest absolute Gasteiger partial charge is 0.480 e. The van der Waals surface area contributed by atoms with Gasteiger partial charge in [-0.15, -0.1) is 0 Å². The first kappa shape index (κ1) is 14.9. The van der Waals surface area contributed by atoms with Crippen molar-refractivity contribution in [3.05, 3.63) is 30.0 Å². The van der Waals surface area contributed by atoms with Gasteiger partial charge in [-0.1, -0.05) is 0 Å². The minimum absolute atomic E-state index is 0.313. The zero-order chi connectivity index (χ0) is 15.6. The SMILES string of the molecule is Cc1cc2cc(OC(CC(N)C(=O)O)C(=O)O)ccc2o1. The second kappa shape index (κ2) is 5.84. The fourth-order valence-corrected chi connectivity index (χ4v) is 1.92. The number of carbonyl (C=O) groups is 2. The molecule has 1 heterocycles. The molecule has 0 spiro atoms. The van der Waals surface area contributed by atoms with Crippen LogP contribution in [-0.2, 0) is 9.59 Å². The van der Waals surface area contributed by atoms with Crippen molar-refractivity contribution in [3.63, 3.8) is 0 Å².